The molecule has 0 bridgehead atoms. The van der Waals surface area contributed by atoms with Gasteiger partial charge in [0.05, 0.1) is 12.1 Å². The molecule has 6 heteroatoms. The van der Waals surface area contributed by atoms with Gasteiger partial charge in [-0.15, -0.1) is 0 Å². The Morgan fingerprint density at radius 2 is 1.87 bits per heavy atom. The van der Waals surface area contributed by atoms with Gasteiger partial charge in [0, 0.05) is 48.3 Å². The Morgan fingerprint density at radius 3 is 2.63 bits per heavy atom. The minimum Gasteiger partial charge on any atom is -0.395 e. The maximum atomic E-state index is 9.02. The molecule has 0 radical (unpaired) electrons. The number of hydrogen-bond donors (Lipinski definition) is 2. The normalized spacial score (nSPS) is 11.2. The van der Waals surface area contributed by atoms with Crippen molar-refractivity contribution in [3.63, 3.8) is 0 Å². The van der Waals surface area contributed by atoms with Crippen LogP contribution in [0.15, 0.2) is 67.1 Å². The molecule has 30 heavy (non-hydrogen) atoms. The molecule has 0 aliphatic heterocycles. The second-order valence-electron chi connectivity index (χ2n) is 7.44. The zero-order valence-corrected chi connectivity index (χ0v) is 17.2. The number of rotatable bonds is 7. The van der Waals surface area contributed by atoms with Gasteiger partial charge >= 0.3 is 0 Å². The lowest BCUT2D eigenvalue weighted by Crippen LogP contribution is -2.21. The predicted molar refractivity (Wildman–Crippen MR) is 121 cm³/mol. The van der Waals surface area contributed by atoms with Crippen molar-refractivity contribution in [3.05, 3.63) is 78.2 Å². The van der Waals surface area contributed by atoms with Crippen LogP contribution in [-0.2, 0) is 6.54 Å². The molecule has 4 aromatic rings. The molecule has 0 atom stereocenters. The molecule has 0 amide bonds. The lowest BCUT2D eigenvalue weighted by molar-refractivity contribution is 0.217. The first kappa shape index (κ1) is 19.9. The maximum Gasteiger partial charge on any atom is 0.227 e. The molecule has 6 nitrogen and oxygen atoms in total. The third-order valence-electron chi connectivity index (χ3n) is 5.07. The number of likely N-dealkylation sites (N-methyl/N-ethyl adjacent to an activating group) is 1. The van der Waals surface area contributed by atoms with Crippen LogP contribution in [0.3, 0.4) is 0 Å². The summed E-state index contributed by atoms with van der Waals surface area (Å²) in [6.07, 6.45) is 5.54. The van der Waals surface area contributed by atoms with Crippen LogP contribution >= 0.6 is 0 Å². The van der Waals surface area contributed by atoms with Gasteiger partial charge in [-0.1, -0.05) is 18.2 Å². The summed E-state index contributed by atoms with van der Waals surface area (Å²) in [6.45, 7) is 3.71. The van der Waals surface area contributed by atoms with E-state index in [-0.39, 0.29) is 6.61 Å². The van der Waals surface area contributed by atoms with Gasteiger partial charge in [-0.3, -0.25) is 9.88 Å². The topological polar surface area (TPSA) is 74.2 Å². The average molecular weight is 399 g/mol. The quantitative estimate of drug-likeness (QED) is 0.486. The smallest absolute Gasteiger partial charge is 0.227 e. The van der Waals surface area contributed by atoms with E-state index in [0.29, 0.717) is 12.5 Å². The van der Waals surface area contributed by atoms with E-state index in [1.807, 2.05) is 43.7 Å². The molecule has 0 aliphatic rings. The Bertz CT molecular complexity index is 1140. The number of nitrogens with one attached hydrogen (secondary N) is 1. The summed E-state index contributed by atoms with van der Waals surface area (Å²) in [6, 6.07) is 16.4. The standard InChI is InChI=1S/C24H25N5O/c1-17-9-10-25-15-22(17)19-5-8-23-20(13-19)14-26-24(28-23)27-21-6-3-18(4-7-21)16-29(2)11-12-30/h3-10,13-15,30H,11-12,16H2,1-2H3,(H,26,27,28). The van der Waals surface area contributed by atoms with Gasteiger partial charge in [0.2, 0.25) is 5.95 Å². The molecule has 2 aromatic heterocycles. The Balaban J connectivity index is 1.50. The highest BCUT2D eigenvalue weighted by Gasteiger charge is 2.06. The predicted octanol–water partition coefficient (Wildman–Crippen LogP) is 4.17. The molecule has 4 rings (SSSR count). The van der Waals surface area contributed by atoms with Gasteiger partial charge in [0.15, 0.2) is 0 Å². The van der Waals surface area contributed by atoms with Crippen LogP contribution in [0.5, 0.6) is 0 Å². The van der Waals surface area contributed by atoms with E-state index < -0.39 is 0 Å². The molecule has 0 fully saturated rings. The number of hydrogen-bond acceptors (Lipinski definition) is 6. The maximum absolute atomic E-state index is 9.02. The zero-order chi connectivity index (χ0) is 20.9. The van der Waals surface area contributed by atoms with E-state index in [1.54, 1.807) is 6.20 Å². The SMILES string of the molecule is Cc1ccncc1-c1ccc2nc(Nc3ccc(CN(C)CCO)cc3)ncc2c1. The molecule has 2 aromatic carbocycles. The fourth-order valence-electron chi connectivity index (χ4n) is 3.41. The minimum absolute atomic E-state index is 0.165. The number of aliphatic hydroxyl groups is 1. The lowest BCUT2D eigenvalue weighted by Gasteiger charge is -2.15. The highest BCUT2D eigenvalue weighted by molar-refractivity contribution is 5.85. The molecule has 2 N–H and O–H groups in total. The Hall–Kier alpha value is -3.35. The number of aliphatic hydroxyl groups excluding tert-OH is 1. The largest absolute Gasteiger partial charge is 0.395 e. The molecule has 0 saturated heterocycles. The zero-order valence-electron chi connectivity index (χ0n) is 17.2. The van der Waals surface area contributed by atoms with Crippen molar-refractivity contribution in [2.45, 2.75) is 13.5 Å². The van der Waals surface area contributed by atoms with E-state index in [0.717, 1.165) is 34.3 Å². The first-order chi connectivity index (χ1) is 14.6. The van der Waals surface area contributed by atoms with Crippen LogP contribution in [-0.4, -0.2) is 45.2 Å². The summed E-state index contributed by atoms with van der Waals surface area (Å²) in [5, 5.41) is 13.3. The summed E-state index contributed by atoms with van der Waals surface area (Å²) in [5.74, 6) is 0.568. The van der Waals surface area contributed by atoms with Crippen LogP contribution in [0.4, 0.5) is 11.6 Å². The van der Waals surface area contributed by atoms with Crippen LogP contribution in [0, 0.1) is 6.92 Å². The highest BCUT2D eigenvalue weighted by atomic mass is 16.3. The van der Waals surface area contributed by atoms with Crippen LogP contribution < -0.4 is 5.32 Å². The Labute approximate surface area is 176 Å². The van der Waals surface area contributed by atoms with Crippen molar-refractivity contribution in [2.24, 2.45) is 0 Å². The number of fused-ring (bicyclic) bond motifs is 1. The second-order valence-corrected chi connectivity index (χ2v) is 7.44. The van der Waals surface area contributed by atoms with Crippen LogP contribution in [0.1, 0.15) is 11.1 Å². The third kappa shape index (κ3) is 4.62. The highest BCUT2D eigenvalue weighted by Crippen LogP contribution is 2.26. The van der Waals surface area contributed by atoms with Gasteiger partial charge in [-0.05, 0) is 61.0 Å². The molecule has 0 unspecified atom stereocenters. The monoisotopic (exact) mass is 399 g/mol. The van der Waals surface area contributed by atoms with Crippen molar-refractivity contribution < 1.29 is 5.11 Å². The average Bonchev–Trinajstić information content (AvgIpc) is 2.75. The van der Waals surface area contributed by atoms with Crippen LogP contribution in [0.25, 0.3) is 22.0 Å². The fourth-order valence-corrected chi connectivity index (χ4v) is 3.41. The summed E-state index contributed by atoms with van der Waals surface area (Å²) in [5.41, 5.74) is 6.43. The van der Waals surface area contributed by atoms with E-state index in [9.17, 15) is 0 Å². The molecule has 0 saturated carbocycles. The summed E-state index contributed by atoms with van der Waals surface area (Å²) in [4.78, 5) is 15.4. The minimum atomic E-state index is 0.165. The van der Waals surface area contributed by atoms with Crippen molar-refractivity contribution in [3.8, 4) is 11.1 Å². The summed E-state index contributed by atoms with van der Waals surface area (Å²) < 4.78 is 0. The molecule has 2 heterocycles. The molecule has 152 valence electrons. The van der Waals surface area contributed by atoms with Gasteiger partial charge in [0.25, 0.3) is 0 Å². The van der Waals surface area contributed by atoms with E-state index >= 15 is 0 Å². The first-order valence-corrected chi connectivity index (χ1v) is 9.95. The number of anilines is 2. The van der Waals surface area contributed by atoms with Gasteiger partial charge in [-0.25, -0.2) is 9.97 Å². The molecular formula is C24H25N5O. The Kier molecular flexibility index (Phi) is 5.97. The van der Waals surface area contributed by atoms with E-state index in [1.165, 1.54) is 11.1 Å². The van der Waals surface area contributed by atoms with Crippen molar-refractivity contribution in [1.29, 1.82) is 0 Å². The fraction of sp³-hybridized carbons (Fsp3) is 0.208. The molecule has 0 spiro atoms. The second kappa shape index (κ2) is 8.98. The Morgan fingerprint density at radius 1 is 1.03 bits per heavy atom. The number of aromatic nitrogens is 3. The molecule has 0 aliphatic carbocycles. The lowest BCUT2D eigenvalue weighted by atomic mass is 10.0. The third-order valence-corrected chi connectivity index (χ3v) is 5.07. The van der Waals surface area contributed by atoms with Crippen molar-refractivity contribution in [2.75, 3.05) is 25.5 Å². The summed E-state index contributed by atoms with van der Waals surface area (Å²) in [7, 11) is 1.99. The van der Waals surface area contributed by atoms with Crippen molar-refractivity contribution >= 4 is 22.5 Å². The van der Waals surface area contributed by atoms with Crippen LogP contribution in [0.2, 0.25) is 0 Å². The number of benzene rings is 2. The number of pyridine rings is 1. The van der Waals surface area contributed by atoms with Gasteiger partial charge in [-0.2, -0.15) is 0 Å². The van der Waals surface area contributed by atoms with E-state index in [2.05, 4.69) is 56.4 Å². The molecular weight excluding hydrogens is 374 g/mol. The number of nitrogens with zero attached hydrogens (tertiary/aromatic N) is 4. The van der Waals surface area contributed by atoms with Gasteiger partial charge < -0.3 is 10.4 Å². The van der Waals surface area contributed by atoms with Crippen molar-refractivity contribution in [1.82, 2.24) is 19.9 Å². The first-order valence-electron chi connectivity index (χ1n) is 9.95. The summed E-state index contributed by atoms with van der Waals surface area (Å²) >= 11 is 0. The van der Waals surface area contributed by atoms with Gasteiger partial charge in [0.1, 0.15) is 0 Å². The number of aryl methyl sites for hydroxylation is 1. The van der Waals surface area contributed by atoms with E-state index in [4.69, 9.17) is 5.11 Å².